The summed E-state index contributed by atoms with van der Waals surface area (Å²) in [6.45, 7) is 7.73. The van der Waals surface area contributed by atoms with Gasteiger partial charge in [-0.05, 0) is 39.8 Å². The van der Waals surface area contributed by atoms with Crippen molar-refractivity contribution < 1.29 is 14.3 Å². The van der Waals surface area contributed by atoms with Gasteiger partial charge in [-0.3, -0.25) is 9.78 Å². The van der Waals surface area contributed by atoms with Crippen molar-refractivity contribution in [1.29, 1.82) is 0 Å². The van der Waals surface area contributed by atoms with Crippen LogP contribution in [0, 0.1) is 6.92 Å². The van der Waals surface area contributed by atoms with Crippen LogP contribution in [0.4, 0.5) is 10.5 Å². The van der Waals surface area contributed by atoms with Crippen LogP contribution in [0.25, 0.3) is 0 Å². The maximum atomic E-state index is 12.0. The number of anilines is 1. The van der Waals surface area contributed by atoms with Crippen molar-refractivity contribution in [1.82, 2.24) is 10.3 Å². The molecule has 0 aromatic carbocycles. The van der Waals surface area contributed by atoms with Crippen molar-refractivity contribution in [3.63, 3.8) is 0 Å². The Balaban J connectivity index is 1.96. The molecule has 0 spiro atoms. The van der Waals surface area contributed by atoms with Crippen LogP contribution in [0.1, 0.15) is 32.9 Å². The Morgan fingerprint density at radius 3 is 2.71 bits per heavy atom. The molecule has 1 unspecified atom stereocenters. The molecule has 0 radical (unpaired) electrons. The van der Waals surface area contributed by atoms with Crippen LogP contribution in [0.3, 0.4) is 0 Å². The molecule has 1 saturated heterocycles. The van der Waals surface area contributed by atoms with Gasteiger partial charge in [0.05, 0.1) is 17.9 Å². The molecule has 1 aliphatic heterocycles. The Morgan fingerprint density at radius 1 is 1.43 bits per heavy atom. The minimum atomic E-state index is -0.548. The Hall–Kier alpha value is -2.11. The lowest BCUT2D eigenvalue weighted by Gasteiger charge is -2.21. The number of aromatic nitrogens is 1. The minimum Gasteiger partial charge on any atom is -0.444 e. The zero-order valence-corrected chi connectivity index (χ0v) is 12.8. The Morgan fingerprint density at radius 2 is 2.14 bits per heavy atom. The second-order valence-corrected chi connectivity index (χ2v) is 6.21. The molecule has 114 valence electrons. The summed E-state index contributed by atoms with van der Waals surface area (Å²) >= 11 is 0. The number of amides is 2. The molecule has 1 aromatic rings. The largest absolute Gasteiger partial charge is 0.444 e. The highest BCUT2D eigenvalue weighted by Gasteiger charge is 2.32. The van der Waals surface area contributed by atoms with Gasteiger partial charge in [0.25, 0.3) is 0 Å². The van der Waals surface area contributed by atoms with E-state index in [1.165, 1.54) is 0 Å². The molecule has 6 nitrogen and oxygen atoms in total. The van der Waals surface area contributed by atoms with Gasteiger partial charge in [0.1, 0.15) is 5.60 Å². The lowest BCUT2D eigenvalue weighted by molar-refractivity contribution is -0.117. The van der Waals surface area contributed by atoms with Crippen molar-refractivity contribution in [3.8, 4) is 0 Å². The highest BCUT2D eigenvalue weighted by molar-refractivity contribution is 5.96. The smallest absolute Gasteiger partial charge is 0.407 e. The first kappa shape index (κ1) is 15.3. The highest BCUT2D eigenvalue weighted by atomic mass is 16.6. The van der Waals surface area contributed by atoms with E-state index >= 15 is 0 Å². The molecule has 21 heavy (non-hydrogen) atoms. The summed E-state index contributed by atoms with van der Waals surface area (Å²) in [5.41, 5.74) is 1.10. The quantitative estimate of drug-likeness (QED) is 0.905. The number of nitrogens with one attached hydrogen (secondary N) is 1. The van der Waals surface area contributed by atoms with Crippen LogP contribution in [-0.2, 0) is 9.53 Å². The molecule has 1 atom stereocenters. The van der Waals surface area contributed by atoms with Gasteiger partial charge < -0.3 is 15.0 Å². The normalized spacial score (nSPS) is 18.8. The van der Waals surface area contributed by atoms with E-state index in [0.29, 0.717) is 6.54 Å². The SMILES string of the molecule is Cc1ccc(N2CC(NC(=O)OC(C)(C)C)CC2=O)cn1. The molecule has 1 fully saturated rings. The van der Waals surface area contributed by atoms with E-state index in [4.69, 9.17) is 4.74 Å². The number of rotatable bonds is 2. The molecule has 2 amide bonds. The zero-order valence-electron chi connectivity index (χ0n) is 12.8. The van der Waals surface area contributed by atoms with Gasteiger partial charge in [-0.1, -0.05) is 0 Å². The number of alkyl carbamates (subject to hydrolysis) is 1. The summed E-state index contributed by atoms with van der Waals surface area (Å²) in [7, 11) is 0. The molecule has 1 N–H and O–H groups in total. The van der Waals surface area contributed by atoms with Gasteiger partial charge in [0, 0.05) is 18.7 Å². The van der Waals surface area contributed by atoms with E-state index in [0.717, 1.165) is 11.4 Å². The summed E-state index contributed by atoms with van der Waals surface area (Å²) in [6.07, 6.45) is 1.44. The van der Waals surface area contributed by atoms with Crippen molar-refractivity contribution in [2.24, 2.45) is 0 Å². The fourth-order valence-corrected chi connectivity index (χ4v) is 2.15. The summed E-state index contributed by atoms with van der Waals surface area (Å²) in [5, 5.41) is 2.73. The summed E-state index contributed by atoms with van der Waals surface area (Å²) < 4.78 is 5.20. The van der Waals surface area contributed by atoms with E-state index in [-0.39, 0.29) is 18.4 Å². The fraction of sp³-hybridized carbons (Fsp3) is 0.533. The van der Waals surface area contributed by atoms with Gasteiger partial charge in [0.15, 0.2) is 0 Å². The predicted octanol–water partition coefficient (Wildman–Crippen LogP) is 2.02. The first-order chi connectivity index (χ1) is 9.74. The molecule has 0 bridgehead atoms. The maximum Gasteiger partial charge on any atom is 0.407 e. The summed E-state index contributed by atoms with van der Waals surface area (Å²) in [6, 6.07) is 3.47. The molecular formula is C15H21N3O3. The molecule has 1 aromatic heterocycles. The zero-order chi connectivity index (χ0) is 15.6. The third-order valence-electron chi connectivity index (χ3n) is 3.05. The number of carbonyl (C=O) groups excluding carboxylic acids is 2. The molecular weight excluding hydrogens is 270 g/mol. The number of aryl methyl sites for hydroxylation is 1. The molecule has 0 aliphatic carbocycles. The van der Waals surface area contributed by atoms with Crippen molar-refractivity contribution in [2.45, 2.75) is 45.8 Å². The molecule has 1 aliphatic rings. The van der Waals surface area contributed by atoms with Gasteiger partial charge in [-0.25, -0.2) is 4.79 Å². The number of pyridine rings is 1. The first-order valence-corrected chi connectivity index (χ1v) is 6.97. The lowest BCUT2D eigenvalue weighted by atomic mass is 10.2. The fourth-order valence-electron chi connectivity index (χ4n) is 2.15. The third kappa shape index (κ3) is 4.18. The van der Waals surface area contributed by atoms with Gasteiger partial charge >= 0.3 is 6.09 Å². The molecule has 6 heteroatoms. The second kappa shape index (κ2) is 5.71. The maximum absolute atomic E-state index is 12.0. The monoisotopic (exact) mass is 291 g/mol. The number of ether oxygens (including phenoxy) is 1. The van der Waals surface area contributed by atoms with E-state index in [1.807, 2.05) is 19.1 Å². The minimum absolute atomic E-state index is 0.0262. The Labute approximate surface area is 124 Å². The summed E-state index contributed by atoms with van der Waals surface area (Å²) in [5.74, 6) is -0.0262. The molecule has 0 saturated carbocycles. The lowest BCUT2D eigenvalue weighted by Crippen LogP contribution is -2.40. The van der Waals surface area contributed by atoms with E-state index in [1.54, 1.807) is 31.9 Å². The van der Waals surface area contributed by atoms with Crippen LogP contribution >= 0.6 is 0 Å². The third-order valence-corrected chi connectivity index (χ3v) is 3.05. The standard InChI is InChI=1S/C15H21N3O3/c1-10-5-6-12(8-16-10)18-9-11(7-13(18)19)17-14(20)21-15(2,3)4/h5-6,8,11H,7,9H2,1-4H3,(H,17,20). The van der Waals surface area contributed by atoms with E-state index in [2.05, 4.69) is 10.3 Å². The Bertz CT molecular complexity index is 534. The van der Waals surface area contributed by atoms with E-state index in [9.17, 15) is 9.59 Å². The van der Waals surface area contributed by atoms with Crippen molar-refractivity contribution >= 4 is 17.7 Å². The average molecular weight is 291 g/mol. The predicted molar refractivity (Wildman–Crippen MR) is 79.1 cm³/mol. The number of hydrogen-bond acceptors (Lipinski definition) is 4. The van der Waals surface area contributed by atoms with Gasteiger partial charge in [-0.2, -0.15) is 0 Å². The number of nitrogens with zero attached hydrogens (tertiary/aromatic N) is 2. The van der Waals surface area contributed by atoms with Crippen LogP contribution < -0.4 is 10.2 Å². The van der Waals surface area contributed by atoms with E-state index < -0.39 is 11.7 Å². The van der Waals surface area contributed by atoms with Gasteiger partial charge in [-0.15, -0.1) is 0 Å². The van der Waals surface area contributed by atoms with Crippen molar-refractivity contribution in [3.05, 3.63) is 24.0 Å². The summed E-state index contributed by atoms with van der Waals surface area (Å²) in [4.78, 5) is 29.6. The Kier molecular flexibility index (Phi) is 4.16. The van der Waals surface area contributed by atoms with Crippen LogP contribution in [0.2, 0.25) is 0 Å². The van der Waals surface area contributed by atoms with Crippen LogP contribution in [0.5, 0.6) is 0 Å². The number of hydrogen-bond donors (Lipinski definition) is 1. The average Bonchev–Trinajstić information content (AvgIpc) is 2.68. The number of carbonyl (C=O) groups is 2. The van der Waals surface area contributed by atoms with Crippen LogP contribution in [0.15, 0.2) is 18.3 Å². The highest BCUT2D eigenvalue weighted by Crippen LogP contribution is 2.21. The van der Waals surface area contributed by atoms with Crippen LogP contribution in [-0.4, -0.2) is 35.2 Å². The van der Waals surface area contributed by atoms with Gasteiger partial charge in [0.2, 0.25) is 5.91 Å². The molecule has 2 rings (SSSR count). The molecule has 2 heterocycles. The topological polar surface area (TPSA) is 71.5 Å². The first-order valence-electron chi connectivity index (χ1n) is 6.97. The second-order valence-electron chi connectivity index (χ2n) is 6.21. The van der Waals surface area contributed by atoms with Crippen molar-refractivity contribution in [2.75, 3.05) is 11.4 Å².